The molecule has 0 fully saturated rings. The molecule has 0 aliphatic carbocycles. The van der Waals surface area contributed by atoms with E-state index < -0.39 is 7.28 Å². The monoisotopic (exact) mass is 332 g/mol. The van der Waals surface area contributed by atoms with Crippen LogP contribution >= 0.6 is 30.5 Å². The third kappa shape index (κ3) is 4.71. The zero-order valence-electron chi connectivity index (χ0n) is 10.6. The fourth-order valence-corrected chi connectivity index (χ4v) is 4.27. The summed E-state index contributed by atoms with van der Waals surface area (Å²) in [6.45, 7) is 0. The van der Waals surface area contributed by atoms with E-state index in [1.54, 1.807) is 48.5 Å². The summed E-state index contributed by atoms with van der Waals surface area (Å²) in [5.41, 5.74) is 1.24. The second-order valence-electron chi connectivity index (χ2n) is 4.91. The molecule has 3 nitrogen and oxygen atoms in total. The summed E-state index contributed by atoms with van der Waals surface area (Å²) in [6, 6.07) is 13.2. The van der Waals surface area contributed by atoms with Crippen LogP contribution in [-0.2, 0) is 12.3 Å². The Balaban J connectivity index is 2.17. The topological polar surface area (TPSA) is 60.7 Å². The normalized spacial score (nSPS) is 13.8. The molecule has 3 N–H and O–H groups in total. The minimum absolute atomic E-state index is 0.203. The van der Waals surface area contributed by atoms with Gasteiger partial charge in [-0.3, -0.25) is 0 Å². The zero-order chi connectivity index (χ0) is 14.8. The Kier molecular flexibility index (Phi) is 4.41. The number of hydrogen-bond acceptors (Lipinski definition) is 3. The first kappa shape index (κ1) is 15.7. The molecule has 0 aromatic heterocycles. The van der Waals surface area contributed by atoms with Gasteiger partial charge in [-0.05, 0) is 0 Å². The van der Waals surface area contributed by atoms with E-state index >= 15 is 0 Å². The Bertz CT molecular complexity index is 537. The van der Waals surface area contributed by atoms with E-state index in [4.69, 9.17) is 23.2 Å². The predicted molar refractivity (Wildman–Crippen MR) is 83.9 cm³/mol. The maximum atomic E-state index is 10.2. The minimum atomic E-state index is -4.78. The molecular formula is C14H15Cl2O3P. The van der Waals surface area contributed by atoms with Crippen molar-refractivity contribution in [2.24, 2.45) is 0 Å². The van der Waals surface area contributed by atoms with Crippen LogP contribution in [0.4, 0.5) is 0 Å². The fraction of sp³-hybridized carbons (Fsp3) is 0.143. The quantitative estimate of drug-likeness (QED) is 0.742. The molecule has 0 spiro atoms. The van der Waals surface area contributed by atoms with Crippen LogP contribution in [0.25, 0.3) is 0 Å². The number of halogens is 2. The van der Waals surface area contributed by atoms with E-state index in [9.17, 15) is 14.7 Å². The Labute approximate surface area is 127 Å². The average Bonchev–Trinajstić information content (AvgIpc) is 2.34. The summed E-state index contributed by atoms with van der Waals surface area (Å²) in [4.78, 5) is 30.6. The number of hydrogen-bond donors (Lipinski definition) is 3. The van der Waals surface area contributed by atoms with Crippen molar-refractivity contribution >= 4 is 30.5 Å². The van der Waals surface area contributed by atoms with Gasteiger partial charge in [-0.15, -0.1) is 0 Å². The van der Waals surface area contributed by atoms with Gasteiger partial charge in [0.2, 0.25) is 0 Å². The molecular weight excluding hydrogens is 318 g/mol. The molecule has 0 bridgehead atoms. The summed E-state index contributed by atoms with van der Waals surface area (Å²) < 4.78 is 0. The molecule has 2 aromatic rings. The standard InChI is InChI=1S/C14H15Cl2O3P/c15-13-5-1-11(2-6-13)9-20(17,18,19)10-12-3-7-14(16)8-4-12/h1-8,17-19H,9-10H2. The van der Waals surface area contributed by atoms with Gasteiger partial charge in [0.15, 0.2) is 0 Å². The van der Waals surface area contributed by atoms with Gasteiger partial charge in [0, 0.05) is 0 Å². The summed E-state index contributed by atoms with van der Waals surface area (Å²) >= 11 is 11.5. The van der Waals surface area contributed by atoms with Crippen molar-refractivity contribution in [2.45, 2.75) is 12.3 Å². The average molecular weight is 333 g/mol. The summed E-state index contributed by atoms with van der Waals surface area (Å²) in [5, 5.41) is 1.11. The van der Waals surface area contributed by atoms with Gasteiger partial charge in [-0.2, -0.15) is 0 Å². The van der Waals surface area contributed by atoms with Gasteiger partial charge < -0.3 is 0 Å². The Morgan fingerprint density at radius 2 is 0.950 bits per heavy atom. The molecule has 0 aliphatic heterocycles. The van der Waals surface area contributed by atoms with E-state index in [-0.39, 0.29) is 12.3 Å². The molecule has 20 heavy (non-hydrogen) atoms. The molecule has 0 saturated heterocycles. The maximum absolute atomic E-state index is 10.2. The fourth-order valence-electron chi connectivity index (χ4n) is 1.98. The SMILES string of the molecule is OP(O)(O)(Cc1ccc(Cl)cc1)Cc1ccc(Cl)cc1. The van der Waals surface area contributed by atoms with E-state index in [1.165, 1.54) is 0 Å². The second kappa shape index (κ2) is 5.61. The Morgan fingerprint density at radius 1 is 0.650 bits per heavy atom. The van der Waals surface area contributed by atoms with E-state index in [0.29, 0.717) is 21.2 Å². The third-order valence-electron chi connectivity index (χ3n) is 2.84. The van der Waals surface area contributed by atoms with Gasteiger partial charge in [0.25, 0.3) is 0 Å². The van der Waals surface area contributed by atoms with Crippen molar-refractivity contribution in [1.82, 2.24) is 0 Å². The van der Waals surface area contributed by atoms with Gasteiger partial charge in [0.1, 0.15) is 0 Å². The van der Waals surface area contributed by atoms with E-state index in [1.807, 2.05) is 0 Å². The predicted octanol–water partition coefficient (Wildman–Crippen LogP) is 3.97. The van der Waals surface area contributed by atoms with Gasteiger partial charge in [-0.25, -0.2) is 0 Å². The van der Waals surface area contributed by atoms with Crippen molar-refractivity contribution in [3.05, 3.63) is 69.7 Å². The van der Waals surface area contributed by atoms with Crippen molar-refractivity contribution in [3.8, 4) is 0 Å². The van der Waals surface area contributed by atoms with Crippen LogP contribution in [-0.4, -0.2) is 14.7 Å². The van der Waals surface area contributed by atoms with E-state index in [2.05, 4.69) is 0 Å². The number of rotatable bonds is 4. The van der Waals surface area contributed by atoms with Crippen LogP contribution in [0.5, 0.6) is 0 Å². The molecule has 0 aliphatic rings. The molecule has 0 unspecified atom stereocenters. The first-order chi connectivity index (χ1) is 9.21. The molecule has 6 heteroatoms. The van der Waals surface area contributed by atoms with Crippen LogP contribution in [0.2, 0.25) is 10.0 Å². The van der Waals surface area contributed by atoms with Crippen molar-refractivity contribution in [3.63, 3.8) is 0 Å². The van der Waals surface area contributed by atoms with Gasteiger partial charge >= 0.3 is 127 Å². The molecule has 2 aromatic carbocycles. The van der Waals surface area contributed by atoms with Crippen LogP contribution < -0.4 is 0 Å². The van der Waals surface area contributed by atoms with Gasteiger partial charge in [-0.1, -0.05) is 0 Å². The van der Waals surface area contributed by atoms with Crippen molar-refractivity contribution < 1.29 is 14.7 Å². The third-order valence-corrected chi connectivity index (χ3v) is 5.37. The van der Waals surface area contributed by atoms with Gasteiger partial charge in [0.05, 0.1) is 0 Å². The summed E-state index contributed by atoms with van der Waals surface area (Å²) in [6.07, 6.45) is -0.406. The molecule has 0 saturated carbocycles. The van der Waals surface area contributed by atoms with E-state index in [0.717, 1.165) is 0 Å². The first-order valence-corrected chi connectivity index (χ1v) is 9.18. The van der Waals surface area contributed by atoms with Crippen LogP contribution in [0.1, 0.15) is 11.1 Å². The molecule has 2 rings (SSSR count). The summed E-state index contributed by atoms with van der Waals surface area (Å²) in [7, 11) is -4.78. The first-order valence-electron chi connectivity index (χ1n) is 5.96. The Morgan fingerprint density at radius 3 is 1.25 bits per heavy atom. The molecule has 0 amide bonds. The van der Waals surface area contributed by atoms with Crippen LogP contribution in [0.3, 0.4) is 0 Å². The molecule has 0 atom stereocenters. The van der Waals surface area contributed by atoms with Crippen LogP contribution in [0.15, 0.2) is 48.5 Å². The van der Waals surface area contributed by atoms with Crippen molar-refractivity contribution in [2.75, 3.05) is 0 Å². The Hall–Kier alpha value is -0.670. The van der Waals surface area contributed by atoms with Crippen LogP contribution in [0, 0.1) is 0 Å². The molecule has 108 valence electrons. The second-order valence-corrected chi connectivity index (χ2v) is 9.10. The number of benzene rings is 2. The molecule has 0 radical (unpaired) electrons. The molecule has 0 heterocycles. The zero-order valence-corrected chi connectivity index (χ0v) is 13.0. The van der Waals surface area contributed by atoms with Crippen molar-refractivity contribution in [1.29, 1.82) is 0 Å². The summed E-state index contributed by atoms with van der Waals surface area (Å²) in [5.74, 6) is 0.